The SMILES string of the molecule is COCCN1CCN(Cc2cc(Cl)cc(OC)c2OC)CC1.O=C(O)C(F)(F)F. The van der Waals surface area contributed by atoms with Gasteiger partial charge in [-0.1, -0.05) is 11.6 Å². The van der Waals surface area contributed by atoms with Crippen molar-refractivity contribution in [3.8, 4) is 11.5 Å². The highest BCUT2D eigenvalue weighted by molar-refractivity contribution is 6.30. The number of benzene rings is 1. The summed E-state index contributed by atoms with van der Waals surface area (Å²) in [6.07, 6.45) is -5.08. The number of rotatable bonds is 7. The van der Waals surface area contributed by atoms with Crippen molar-refractivity contribution >= 4 is 17.6 Å². The van der Waals surface area contributed by atoms with Crippen LogP contribution < -0.4 is 9.47 Å². The number of piperazine rings is 1. The van der Waals surface area contributed by atoms with Crippen molar-refractivity contribution in [2.24, 2.45) is 0 Å². The number of carboxylic acid groups (broad SMARTS) is 1. The molecule has 0 aromatic heterocycles. The van der Waals surface area contributed by atoms with Gasteiger partial charge in [-0.3, -0.25) is 9.80 Å². The smallest absolute Gasteiger partial charge is 0.490 e. The van der Waals surface area contributed by atoms with Gasteiger partial charge in [0, 0.05) is 63.0 Å². The molecule has 0 radical (unpaired) electrons. The molecule has 0 bridgehead atoms. The Morgan fingerprint density at radius 2 is 1.66 bits per heavy atom. The van der Waals surface area contributed by atoms with E-state index in [-0.39, 0.29) is 0 Å². The fraction of sp³-hybridized carbons (Fsp3) is 0.611. The van der Waals surface area contributed by atoms with E-state index in [1.807, 2.05) is 6.07 Å². The van der Waals surface area contributed by atoms with Crippen molar-refractivity contribution in [2.45, 2.75) is 12.7 Å². The summed E-state index contributed by atoms with van der Waals surface area (Å²) in [5.74, 6) is -1.30. The molecule has 2 rings (SSSR count). The van der Waals surface area contributed by atoms with E-state index in [9.17, 15) is 13.2 Å². The van der Waals surface area contributed by atoms with Crippen molar-refractivity contribution in [1.82, 2.24) is 9.80 Å². The van der Waals surface area contributed by atoms with Gasteiger partial charge in [-0.15, -0.1) is 0 Å². The number of nitrogens with zero attached hydrogens (tertiary/aromatic N) is 2. The van der Waals surface area contributed by atoms with Crippen LogP contribution in [-0.2, 0) is 16.1 Å². The minimum atomic E-state index is -5.08. The summed E-state index contributed by atoms with van der Waals surface area (Å²) < 4.78 is 47.7. The molecule has 0 amide bonds. The first-order valence-corrected chi connectivity index (χ1v) is 9.14. The van der Waals surface area contributed by atoms with Crippen molar-refractivity contribution in [3.05, 3.63) is 22.7 Å². The van der Waals surface area contributed by atoms with E-state index < -0.39 is 12.1 Å². The number of methoxy groups -OCH3 is 3. The van der Waals surface area contributed by atoms with Gasteiger partial charge in [0.15, 0.2) is 11.5 Å². The maximum absolute atomic E-state index is 10.6. The first-order valence-electron chi connectivity index (χ1n) is 8.76. The van der Waals surface area contributed by atoms with Crippen LogP contribution in [-0.4, -0.2) is 87.7 Å². The molecule has 1 aliphatic heterocycles. The molecule has 0 aliphatic carbocycles. The van der Waals surface area contributed by atoms with Gasteiger partial charge in [-0.05, 0) is 6.07 Å². The van der Waals surface area contributed by atoms with Gasteiger partial charge < -0.3 is 19.3 Å². The summed E-state index contributed by atoms with van der Waals surface area (Å²) in [5.41, 5.74) is 1.07. The number of alkyl halides is 3. The Kier molecular flexibility index (Phi) is 10.5. The number of hydrogen-bond donors (Lipinski definition) is 1. The standard InChI is InChI=1S/C16H25ClN2O3.C2HF3O2/c1-20-9-8-18-4-6-19(7-5-18)12-13-10-14(17)11-15(21-2)16(13)22-3;3-2(4,5)1(6)7/h10-11H,4-9,12H2,1-3H3;(H,6,7). The minimum Gasteiger partial charge on any atom is -0.493 e. The first kappa shape index (κ1) is 25.3. The summed E-state index contributed by atoms with van der Waals surface area (Å²) in [6, 6.07) is 3.74. The van der Waals surface area contributed by atoms with Gasteiger partial charge in [0.1, 0.15) is 0 Å². The number of carboxylic acids is 1. The zero-order chi connectivity index (χ0) is 22.0. The molecule has 1 saturated heterocycles. The predicted molar refractivity (Wildman–Crippen MR) is 102 cm³/mol. The largest absolute Gasteiger partial charge is 0.493 e. The van der Waals surface area contributed by atoms with Crippen LogP contribution in [0.4, 0.5) is 13.2 Å². The molecule has 1 N–H and O–H groups in total. The van der Waals surface area contributed by atoms with Crippen LogP contribution in [0.2, 0.25) is 5.02 Å². The second kappa shape index (κ2) is 12.1. The average molecular weight is 443 g/mol. The molecule has 1 aromatic rings. The Bertz CT molecular complexity index is 653. The number of carbonyl (C=O) groups is 1. The highest BCUT2D eigenvalue weighted by Crippen LogP contribution is 2.35. The molecule has 29 heavy (non-hydrogen) atoms. The topological polar surface area (TPSA) is 71.5 Å². The van der Waals surface area contributed by atoms with Crippen LogP contribution in [0, 0.1) is 0 Å². The average Bonchev–Trinajstić information content (AvgIpc) is 2.66. The Morgan fingerprint density at radius 3 is 2.10 bits per heavy atom. The summed E-state index contributed by atoms with van der Waals surface area (Å²) in [4.78, 5) is 13.7. The molecular weight excluding hydrogens is 417 g/mol. The van der Waals surface area contributed by atoms with Gasteiger partial charge in [0.2, 0.25) is 0 Å². The lowest BCUT2D eigenvalue weighted by Crippen LogP contribution is -2.46. The molecule has 11 heteroatoms. The number of hydrogen-bond acceptors (Lipinski definition) is 6. The fourth-order valence-corrected chi connectivity index (χ4v) is 2.99. The Hall–Kier alpha value is -1.75. The van der Waals surface area contributed by atoms with Gasteiger partial charge in [-0.25, -0.2) is 4.79 Å². The van der Waals surface area contributed by atoms with E-state index in [1.165, 1.54) is 0 Å². The van der Waals surface area contributed by atoms with E-state index in [0.29, 0.717) is 10.8 Å². The van der Waals surface area contributed by atoms with Crippen LogP contribution in [0.15, 0.2) is 12.1 Å². The van der Waals surface area contributed by atoms with Gasteiger partial charge in [0.05, 0.1) is 20.8 Å². The van der Waals surface area contributed by atoms with E-state index in [2.05, 4.69) is 9.80 Å². The summed E-state index contributed by atoms with van der Waals surface area (Å²) in [6.45, 7) is 6.78. The molecule has 1 fully saturated rings. The molecule has 1 aliphatic rings. The van der Waals surface area contributed by atoms with Crippen molar-refractivity contribution in [1.29, 1.82) is 0 Å². The molecule has 0 atom stereocenters. The van der Waals surface area contributed by atoms with Crippen LogP contribution in [0.5, 0.6) is 11.5 Å². The van der Waals surface area contributed by atoms with Crippen LogP contribution in [0.25, 0.3) is 0 Å². The van der Waals surface area contributed by atoms with E-state index >= 15 is 0 Å². The monoisotopic (exact) mass is 442 g/mol. The Balaban J connectivity index is 0.000000516. The summed E-state index contributed by atoms with van der Waals surface area (Å²) in [5, 5.41) is 7.80. The third-order valence-electron chi connectivity index (χ3n) is 4.23. The fourth-order valence-electron chi connectivity index (χ4n) is 2.76. The highest BCUT2D eigenvalue weighted by atomic mass is 35.5. The molecular formula is C18H26ClF3N2O5. The van der Waals surface area contributed by atoms with Gasteiger partial charge in [-0.2, -0.15) is 13.2 Å². The molecule has 0 spiro atoms. The molecule has 7 nitrogen and oxygen atoms in total. The number of ether oxygens (including phenoxy) is 3. The van der Waals surface area contributed by atoms with E-state index in [1.54, 1.807) is 27.4 Å². The summed E-state index contributed by atoms with van der Waals surface area (Å²) in [7, 11) is 5.04. The Morgan fingerprint density at radius 1 is 1.10 bits per heavy atom. The Labute approximate surface area is 172 Å². The third-order valence-corrected chi connectivity index (χ3v) is 4.45. The zero-order valence-electron chi connectivity index (χ0n) is 16.6. The minimum absolute atomic E-state index is 0.673. The van der Waals surface area contributed by atoms with Crippen LogP contribution in [0.3, 0.4) is 0 Å². The van der Waals surface area contributed by atoms with E-state index in [4.69, 9.17) is 35.7 Å². The normalized spacial score (nSPS) is 15.4. The highest BCUT2D eigenvalue weighted by Gasteiger charge is 2.38. The van der Waals surface area contributed by atoms with Crippen molar-refractivity contribution in [2.75, 3.05) is 60.7 Å². The van der Waals surface area contributed by atoms with Gasteiger partial charge >= 0.3 is 12.1 Å². The van der Waals surface area contributed by atoms with Crippen molar-refractivity contribution < 1.29 is 37.3 Å². The number of aliphatic carboxylic acids is 1. The maximum Gasteiger partial charge on any atom is 0.490 e. The second-order valence-corrected chi connectivity index (χ2v) is 6.65. The quantitative estimate of drug-likeness (QED) is 0.696. The third kappa shape index (κ3) is 8.65. The summed E-state index contributed by atoms with van der Waals surface area (Å²) >= 11 is 6.18. The zero-order valence-corrected chi connectivity index (χ0v) is 17.3. The van der Waals surface area contributed by atoms with Crippen molar-refractivity contribution in [3.63, 3.8) is 0 Å². The molecule has 166 valence electrons. The predicted octanol–water partition coefficient (Wildman–Crippen LogP) is 2.75. The maximum atomic E-state index is 10.6. The van der Waals surface area contributed by atoms with Crippen LogP contribution in [0.1, 0.15) is 5.56 Å². The molecule has 0 unspecified atom stereocenters. The van der Waals surface area contributed by atoms with Crippen LogP contribution >= 0.6 is 11.6 Å². The first-order chi connectivity index (χ1) is 13.6. The molecule has 0 saturated carbocycles. The number of halogens is 4. The molecule has 1 heterocycles. The second-order valence-electron chi connectivity index (χ2n) is 6.21. The lowest BCUT2D eigenvalue weighted by atomic mass is 10.1. The lowest BCUT2D eigenvalue weighted by Gasteiger charge is -2.34. The lowest BCUT2D eigenvalue weighted by molar-refractivity contribution is -0.192. The van der Waals surface area contributed by atoms with Gasteiger partial charge in [0.25, 0.3) is 0 Å². The van der Waals surface area contributed by atoms with E-state index in [0.717, 1.165) is 57.2 Å². The molecule has 1 aromatic carbocycles.